The maximum Gasteiger partial charge on any atom is 0.125 e. The van der Waals surface area contributed by atoms with Crippen LogP contribution in [0, 0.1) is 0 Å². The van der Waals surface area contributed by atoms with Crippen molar-refractivity contribution in [3.63, 3.8) is 0 Å². The lowest BCUT2D eigenvalue weighted by Crippen LogP contribution is -1.90. The first-order valence-corrected chi connectivity index (χ1v) is 7.28. The van der Waals surface area contributed by atoms with E-state index in [1.165, 1.54) is 23.5 Å². The van der Waals surface area contributed by atoms with Crippen molar-refractivity contribution in [2.75, 3.05) is 0 Å². The number of hydrogen-bond acceptors (Lipinski definition) is 8. The van der Waals surface area contributed by atoms with Gasteiger partial charge in [-0.2, -0.15) is 10.2 Å². The molecule has 0 bridgehead atoms. The second-order valence-corrected chi connectivity index (χ2v) is 5.62. The van der Waals surface area contributed by atoms with E-state index in [0.717, 1.165) is 20.1 Å². The van der Waals surface area contributed by atoms with Crippen molar-refractivity contribution in [2.24, 2.45) is 0 Å². The van der Waals surface area contributed by atoms with Crippen LogP contribution in [0.15, 0.2) is 68.9 Å². The van der Waals surface area contributed by atoms with Gasteiger partial charge in [-0.25, -0.2) is 0 Å². The van der Waals surface area contributed by atoms with Crippen LogP contribution < -0.4 is 0 Å². The molecule has 0 amide bonds. The van der Waals surface area contributed by atoms with Gasteiger partial charge in [-0.1, -0.05) is 0 Å². The Morgan fingerprint density at radius 1 is 0.550 bits per heavy atom. The number of hydrogen-bond donors (Lipinski definition) is 0. The van der Waals surface area contributed by atoms with E-state index in [1.54, 1.807) is 12.4 Å². The predicted molar refractivity (Wildman–Crippen MR) is 74.3 cm³/mol. The van der Waals surface area contributed by atoms with Crippen LogP contribution in [0.1, 0.15) is 0 Å². The maximum absolute atomic E-state index is 4.15. The lowest BCUT2D eigenvalue weighted by Gasteiger charge is -2.00. The zero-order valence-electron chi connectivity index (χ0n) is 10.1. The van der Waals surface area contributed by atoms with E-state index >= 15 is 0 Å². The van der Waals surface area contributed by atoms with Crippen molar-refractivity contribution < 1.29 is 0 Å². The largest absolute Gasteiger partial charge is 0.158 e. The van der Waals surface area contributed by atoms with Gasteiger partial charge in [0.05, 0.1) is 0 Å². The molecular weight excluding hydrogens is 292 g/mol. The summed E-state index contributed by atoms with van der Waals surface area (Å²) in [5.41, 5.74) is 0. The summed E-state index contributed by atoms with van der Waals surface area (Å²) in [7, 11) is 0. The summed E-state index contributed by atoms with van der Waals surface area (Å²) < 4.78 is 0. The van der Waals surface area contributed by atoms with E-state index < -0.39 is 0 Å². The molecular formula is C12H8N6S2. The lowest BCUT2D eigenvalue weighted by atomic mass is 10.6. The SMILES string of the molecule is c1cnnc(Sc2ccc(Sc3cccnn3)nn2)c1. The first-order chi connectivity index (χ1) is 9.90. The summed E-state index contributed by atoms with van der Waals surface area (Å²) in [6.45, 7) is 0. The molecule has 0 unspecified atom stereocenters. The molecule has 20 heavy (non-hydrogen) atoms. The van der Waals surface area contributed by atoms with Crippen LogP contribution >= 0.6 is 23.5 Å². The molecule has 3 aromatic rings. The Balaban J connectivity index is 1.69. The first-order valence-electron chi connectivity index (χ1n) is 5.65. The van der Waals surface area contributed by atoms with Crippen LogP contribution in [0.2, 0.25) is 0 Å². The van der Waals surface area contributed by atoms with Crippen molar-refractivity contribution in [3.05, 3.63) is 48.8 Å². The third-order valence-corrected chi connectivity index (χ3v) is 3.84. The molecule has 3 heterocycles. The Hall–Kier alpha value is -2.06. The van der Waals surface area contributed by atoms with E-state index in [2.05, 4.69) is 30.6 Å². The molecule has 0 saturated heterocycles. The van der Waals surface area contributed by atoms with Crippen molar-refractivity contribution >= 4 is 23.5 Å². The normalized spacial score (nSPS) is 10.4. The summed E-state index contributed by atoms with van der Waals surface area (Å²) >= 11 is 2.84. The fraction of sp³-hybridized carbons (Fsp3) is 0. The van der Waals surface area contributed by atoms with Gasteiger partial charge in [0.2, 0.25) is 0 Å². The Bertz CT molecular complexity index is 602. The molecule has 0 spiro atoms. The minimum atomic E-state index is 0.772. The second-order valence-electron chi connectivity index (χ2n) is 3.54. The van der Waals surface area contributed by atoms with E-state index in [-0.39, 0.29) is 0 Å². The van der Waals surface area contributed by atoms with Crippen LogP contribution in [0.5, 0.6) is 0 Å². The summed E-state index contributed by atoms with van der Waals surface area (Å²) in [6, 6.07) is 11.2. The molecule has 3 aromatic heterocycles. The van der Waals surface area contributed by atoms with Crippen LogP contribution in [-0.2, 0) is 0 Å². The topological polar surface area (TPSA) is 77.3 Å². The molecule has 0 saturated carbocycles. The first kappa shape index (κ1) is 12.9. The molecule has 98 valence electrons. The van der Waals surface area contributed by atoms with Crippen LogP contribution in [0.3, 0.4) is 0 Å². The Morgan fingerprint density at radius 2 is 1.00 bits per heavy atom. The highest BCUT2D eigenvalue weighted by atomic mass is 32.2. The lowest BCUT2D eigenvalue weighted by molar-refractivity contribution is 0.845. The fourth-order valence-corrected chi connectivity index (χ4v) is 2.65. The van der Waals surface area contributed by atoms with E-state index in [9.17, 15) is 0 Å². The highest BCUT2D eigenvalue weighted by Gasteiger charge is 2.04. The van der Waals surface area contributed by atoms with Gasteiger partial charge >= 0.3 is 0 Å². The summed E-state index contributed by atoms with van der Waals surface area (Å²) in [5.74, 6) is 0. The highest BCUT2D eigenvalue weighted by Crippen LogP contribution is 2.26. The number of rotatable bonds is 4. The van der Waals surface area contributed by atoms with Gasteiger partial charge in [0, 0.05) is 12.4 Å². The van der Waals surface area contributed by atoms with Crippen LogP contribution in [0.25, 0.3) is 0 Å². The molecule has 0 aliphatic rings. The van der Waals surface area contributed by atoms with Crippen molar-refractivity contribution in [3.8, 4) is 0 Å². The molecule has 3 rings (SSSR count). The highest BCUT2D eigenvalue weighted by molar-refractivity contribution is 7.99. The molecule has 0 fully saturated rings. The van der Waals surface area contributed by atoms with Crippen molar-refractivity contribution in [1.82, 2.24) is 30.6 Å². The average Bonchev–Trinajstić information content (AvgIpc) is 2.51. The standard InChI is InChI=1S/C12H8N6S2/c1-3-9(15-13-7-1)19-11-5-6-12(18-17-11)20-10-4-2-8-14-16-10/h1-8H. The van der Waals surface area contributed by atoms with Gasteiger partial charge in [-0.05, 0) is 59.9 Å². The quantitative estimate of drug-likeness (QED) is 0.726. The van der Waals surface area contributed by atoms with E-state index in [4.69, 9.17) is 0 Å². The van der Waals surface area contributed by atoms with Crippen molar-refractivity contribution in [1.29, 1.82) is 0 Å². The smallest absolute Gasteiger partial charge is 0.125 e. The number of nitrogens with zero attached hydrogens (tertiary/aromatic N) is 6. The number of aromatic nitrogens is 6. The van der Waals surface area contributed by atoms with E-state index in [0.29, 0.717) is 0 Å². The minimum absolute atomic E-state index is 0.772. The van der Waals surface area contributed by atoms with Gasteiger partial charge in [-0.15, -0.1) is 20.4 Å². The van der Waals surface area contributed by atoms with Gasteiger partial charge in [-0.3, -0.25) is 0 Å². The summed E-state index contributed by atoms with van der Waals surface area (Å²) in [5, 5.41) is 27.0. The molecule has 0 N–H and O–H groups in total. The van der Waals surface area contributed by atoms with Gasteiger partial charge in [0.25, 0.3) is 0 Å². The van der Waals surface area contributed by atoms with Crippen LogP contribution in [0.4, 0.5) is 0 Å². The molecule has 0 aromatic carbocycles. The minimum Gasteiger partial charge on any atom is -0.158 e. The van der Waals surface area contributed by atoms with Crippen LogP contribution in [-0.4, -0.2) is 30.6 Å². The predicted octanol–water partition coefficient (Wildman–Crippen LogP) is 2.36. The zero-order valence-corrected chi connectivity index (χ0v) is 11.8. The summed E-state index contributed by atoms with van der Waals surface area (Å²) in [4.78, 5) is 0. The van der Waals surface area contributed by atoms with E-state index in [1.807, 2.05) is 36.4 Å². The molecule has 0 aliphatic heterocycles. The third-order valence-electron chi connectivity index (χ3n) is 2.13. The van der Waals surface area contributed by atoms with Gasteiger partial charge < -0.3 is 0 Å². The van der Waals surface area contributed by atoms with Gasteiger partial charge in [0.15, 0.2) is 0 Å². The maximum atomic E-state index is 4.15. The monoisotopic (exact) mass is 300 g/mol. The zero-order chi connectivity index (χ0) is 13.6. The molecule has 0 aliphatic carbocycles. The average molecular weight is 300 g/mol. The fourth-order valence-electron chi connectivity index (χ4n) is 1.31. The molecule has 6 nitrogen and oxygen atoms in total. The molecule has 8 heteroatoms. The Kier molecular flexibility index (Phi) is 4.14. The third kappa shape index (κ3) is 3.49. The Morgan fingerprint density at radius 3 is 1.35 bits per heavy atom. The molecule has 0 atom stereocenters. The second kappa shape index (κ2) is 6.40. The van der Waals surface area contributed by atoms with Crippen molar-refractivity contribution in [2.45, 2.75) is 20.1 Å². The Labute approximate surface area is 123 Å². The molecule has 0 radical (unpaired) electrons. The van der Waals surface area contributed by atoms with Gasteiger partial charge in [0.1, 0.15) is 20.1 Å². The summed E-state index contributed by atoms with van der Waals surface area (Å²) in [6.07, 6.45) is 3.27.